The van der Waals surface area contributed by atoms with Crippen LogP contribution in [-0.4, -0.2) is 17.3 Å². The zero-order valence-corrected chi connectivity index (χ0v) is 11.9. The molecule has 0 aliphatic rings. The van der Waals surface area contributed by atoms with Crippen LogP contribution in [0.5, 0.6) is 0 Å². The topological polar surface area (TPSA) is 32.3 Å². The lowest BCUT2D eigenvalue weighted by molar-refractivity contribution is 0.169. The minimum atomic E-state index is -0.244. The molecule has 2 N–H and O–H groups in total. The first kappa shape index (κ1) is 14.0. The smallest absolute Gasteiger partial charge is 0.0610 e. The first-order chi connectivity index (χ1) is 7.50. The molecule has 0 aliphatic heterocycles. The van der Waals surface area contributed by atoms with Crippen LogP contribution in [0.25, 0.3) is 0 Å². The summed E-state index contributed by atoms with van der Waals surface area (Å²) in [6, 6.07) is 5.77. The Morgan fingerprint density at radius 2 is 2.19 bits per heavy atom. The van der Waals surface area contributed by atoms with Gasteiger partial charge in [0.1, 0.15) is 0 Å². The SMILES string of the molecule is CCC(C)(CO)NCc1cc(Br)ccc1Cl. The Hall–Kier alpha value is -0.0900. The number of rotatable bonds is 5. The van der Waals surface area contributed by atoms with E-state index in [9.17, 15) is 5.11 Å². The molecular weight excluding hydrogens is 289 g/mol. The van der Waals surface area contributed by atoms with E-state index in [1.807, 2.05) is 32.0 Å². The lowest BCUT2D eigenvalue weighted by atomic mass is 10.00. The molecule has 1 aromatic carbocycles. The molecule has 1 unspecified atom stereocenters. The average Bonchev–Trinajstić information content (AvgIpc) is 2.30. The van der Waals surface area contributed by atoms with Crippen LogP contribution in [0.2, 0.25) is 5.02 Å². The van der Waals surface area contributed by atoms with Crippen molar-refractivity contribution in [3.05, 3.63) is 33.3 Å². The Morgan fingerprint density at radius 1 is 1.50 bits per heavy atom. The summed E-state index contributed by atoms with van der Waals surface area (Å²) in [5, 5.41) is 13.3. The molecule has 0 fully saturated rings. The third kappa shape index (κ3) is 3.74. The van der Waals surface area contributed by atoms with Crippen molar-refractivity contribution in [3.8, 4) is 0 Å². The van der Waals surface area contributed by atoms with E-state index in [4.69, 9.17) is 11.6 Å². The Morgan fingerprint density at radius 3 is 2.75 bits per heavy atom. The zero-order valence-electron chi connectivity index (χ0n) is 9.56. The van der Waals surface area contributed by atoms with Gasteiger partial charge in [-0.3, -0.25) is 0 Å². The third-order valence-electron chi connectivity index (χ3n) is 2.84. The minimum Gasteiger partial charge on any atom is -0.394 e. The van der Waals surface area contributed by atoms with E-state index in [0.29, 0.717) is 6.54 Å². The lowest BCUT2D eigenvalue weighted by Crippen LogP contribution is -2.44. The number of hydrogen-bond donors (Lipinski definition) is 2. The molecule has 0 spiro atoms. The molecule has 90 valence electrons. The quantitative estimate of drug-likeness (QED) is 0.874. The predicted octanol–water partition coefficient (Wildman–Crippen LogP) is 3.35. The van der Waals surface area contributed by atoms with Crippen molar-refractivity contribution in [1.29, 1.82) is 0 Å². The van der Waals surface area contributed by atoms with Gasteiger partial charge in [-0.25, -0.2) is 0 Å². The molecule has 1 rings (SSSR count). The average molecular weight is 307 g/mol. The van der Waals surface area contributed by atoms with E-state index >= 15 is 0 Å². The van der Waals surface area contributed by atoms with Gasteiger partial charge in [-0.2, -0.15) is 0 Å². The summed E-state index contributed by atoms with van der Waals surface area (Å²) >= 11 is 9.50. The standard InChI is InChI=1S/C12H17BrClNO/c1-3-12(2,8-16)15-7-9-6-10(13)4-5-11(9)14/h4-6,15-16H,3,7-8H2,1-2H3. The molecule has 0 heterocycles. The van der Waals surface area contributed by atoms with E-state index in [0.717, 1.165) is 21.5 Å². The molecule has 0 aliphatic carbocycles. The second-order valence-corrected chi connectivity index (χ2v) is 5.48. The highest BCUT2D eigenvalue weighted by Crippen LogP contribution is 2.21. The van der Waals surface area contributed by atoms with Gasteiger partial charge in [-0.1, -0.05) is 34.5 Å². The fourth-order valence-corrected chi connectivity index (χ4v) is 1.87. The third-order valence-corrected chi connectivity index (χ3v) is 3.70. The maximum Gasteiger partial charge on any atom is 0.0610 e. The molecule has 0 saturated heterocycles. The van der Waals surface area contributed by atoms with Crippen molar-refractivity contribution in [1.82, 2.24) is 5.32 Å². The predicted molar refractivity (Wildman–Crippen MR) is 71.8 cm³/mol. The van der Waals surface area contributed by atoms with Crippen LogP contribution in [0.4, 0.5) is 0 Å². The Balaban J connectivity index is 2.70. The van der Waals surface area contributed by atoms with Crippen LogP contribution in [0.1, 0.15) is 25.8 Å². The van der Waals surface area contributed by atoms with Gasteiger partial charge < -0.3 is 10.4 Å². The molecule has 0 radical (unpaired) electrons. The summed E-state index contributed by atoms with van der Waals surface area (Å²) in [7, 11) is 0. The molecular formula is C12H17BrClNO. The molecule has 0 saturated carbocycles. The highest BCUT2D eigenvalue weighted by atomic mass is 79.9. The number of aliphatic hydroxyl groups excluding tert-OH is 1. The van der Waals surface area contributed by atoms with Crippen LogP contribution in [0.3, 0.4) is 0 Å². The molecule has 1 atom stereocenters. The number of hydrogen-bond acceptors (Lipinski definition) is 2. The second kappa shape index (κ2) is 6.01. The van der Waals surface area contributed by atoms with Crippen LogP contribution in [0, 0.1) is 0 Å². The van der Waals surface area contributed by atoms with E-state index in [1.54, 1.807) is 0 Å². The number of halogens is 2. The summed E-state index contributed by atoms with van der Waals surface area (Å²) in [4.78, 5) is 0. The van der Waals surface area contributed by atoms with Gasteiger partial charge in [0.05, 0.1) is 6.61 Å². The highest BCUT2D eigenvalue weighted by Gasteiger charge is 2.19. The lowest BCUT2D eigenvalue weighted by Gasteiger charge is -2.27. The van der Waals surface area contributed by atoms with Gasteiger partial charge in [0, 0.05) is 21.6 Å². The zero-order chi connectivity index (χ0) is 12.2. The van der Waals surface area contributed by atoms with Crippen molar-refractivity contribution >= 4 is 27.5 Å². The fraction of sp³-hybridized carbons (Fsp3) is 0.500. The van der Waals surface area contributed by atoms with Crippen LogP contribution < -0.4 is 5.32 Å². The minimum absolute atomic E-state index is 0.120. The largest absolute Gasteiger partial charge is 0.394 e. The van der Waals surface area contributed by atoms with E-state index in [1.165, 1.54) is 0 Å². The van der Waals surface area contributed by atoms with Crippen molar-refractivity contribution < 1.29 is 5.11 Å². The van der Waals surface area contributed by atoms with Crippen molar-refractivity contribution in [2.75, 3.05) is 6.61 Å². The molecule has 0 amide bonds. The second-order valence-electron chi connectivity index (χ2n) is 4.16. The first-order valence-corrected chi connectivity index (χ1v) is 6.47. The number of benzene rings is 1. The maximum absolute atomic E-state index is 9.28. The van der Waals surface area contributed by atoms with Gasteiger partial charge in [-0.05, 0) is 37.1 Å². The van der Waals surface area contributed by atoms with Crippen molar-refractivity contribution in [2.45, 2.75) is 32.4 Å². The van der Waals surface area contributed by atoms with Gasteiger partial charge in [-0.15, -0.1) is 0 Å². The maximum atomic E-state index is 9.28. The fourth-order valence-electron chi connectivity index (χ4n) is 1.28. The van der Waals surface area contributed by atoms with E-state index < -0.39 is 0 Å². The molecule has 0 aromatic heterocycles. The highest BCUT2D eigenvalue weighted by molar-refractivity contribution is 9.10. The molecule has 2 nitrogen and oxygen atoms in total. The molecule has 1 aromatic rings. The summed E-state index contributed by atoms with van der Waals surface area (Å²) in [6.07, 6.45) is 0.870. The number of nitrogens with one attached hydrogen (secondary N) is 1. The van der Waals surface area contributed by atoms with Crippen LogP contribution in [0.15, 0.2) is 22.7 Å². The van der Waals surface area contributed by atoms with Crippen LogP contribution >= 0.6 is 27.5 Å². The van der Waals surface area contributed by atoms with Gasteiger partial charge in [0.25, 0.3) is 0 Å². The van der Waals surface area contributed by atoms with Gasteiger partial charge in [0.2, 0.25) is 0 Å². The van der Waals surface area contributed by atoms with Crippen LogP contribution in [-0.2, 0) is 6.54 Å². The Labute approximate surface area is 110 Å². The number of aliphatic hydroxyl groups is 1. The van der Waals surface area contributed by atoms with Gasteiger partial charge >= 0.3 is 0 Å². The first-order valence-electron chi connectivity index (χ1n) is 5.30. The Bertz CT molecular complexity index is 353. The summed E-state index contributed by atoms with van der Waals surface area (Å²) < 4.78 is 1.01. The van der Waals surface area contributed by atoms with Crippen molar-refractivity contribution in [2.24, 2.45) is 0 Å². The molecule has 0 bridgehead atoms. The monoisotopic (exact) mass is 305 g/mol. The summed E-state index contributed by atoms with van der Waals surface area (Å²) in [6.45, 7) is 4.82. The van der Waals surface area contributed by atoms with Crippen molar-refractivity contribution in [3.63, 3.8) is 0 Å². The van der Waals surface area contributed by atoms with E-state index in [2.05, 4.69) is 21.2 Å². The normalized spacial score (nSPS) is 14.8. The summed E-state index contributed by atoms with van der Waals surface area (Å²) in [5.41, 5.74) is 0.787. The summed E-state index contributed by atoms with van der Waals surface area (Å²) in [5.74, 6) is 0. The van der Waals surface area contributed by atoms with Gasteiger partial charge in [0.15, 0.2) is 0 Å². The molecule has 4 heteroatoms. The molecule has 16 heavy (non-hydrogen) atoms. The Kier molecular flexibility index (Phi) is 5.25. The van der Waals surface area contributed by atoms with E-state index in [-0.39, 0.29) is 12.1 Å².